The Balaban J connectivity index is 1.84. The van der Waals surface area contributed by atoms with E-state index in [-0.39, 0.29) is 10.9 Å². The summed E-state index contributed by atoms with van der Waals surface area (Å²) in [4.78, 5) is 11.2. The van der Waals surface area contributed by atoms with E-state index in [0.29, 0.717) is 25.8 Å². The number of carbonyl (C=O) groups is 1. The quantitative estimate of drug-likeness (QED) is 0.549. The van der Waals surface area contributed by atoms with Crippen LogP contribution < -0.4 is 4.72 Å². The Morgan fingerprint density at radius 2 is 1.56 bits per heavy atom. The van der Waals surface area contributed by atoms with E-state index < -0.39 is 10.0 Å². The smallest absolute Gasteiger partial charge is 0.305 e. The summed E-state index contributed by atoms with van der Waals surface area (Å²) in [6, 6.07) is 16.6. The standard InChI is InChI=1S/C19H23NO4S/c1-24-19(21)10-6-3-7-15-20-25(22,23)18-13-11-17(12-14-18)16-8-4-2-5-9-16/h2,4-5,8-9,11-14,20H,3,6-7,10,15H2,1H3. The summed E-state index contributed by atoms with van der Waals surface area (Å²) >= 11 is 0. The zero-order valence-electron chi connectivity index (χ0n) is 14.3. The van der Waals surface area contributed by atoms with Crippen molar-refractivity contribution >= 4 is 16.0 Å². The van der Waals surface area contributed by atoms with Crippen LogP contribution in [0.25, 0.3) is 11.1 Å². The molecular formula is C19H23NO4S. The third kappa shape index (κ3) is 5.99. The zero-order valence-corrected chi connectivity index (χ0v) is 15.1. The topological polar surface area (TPSA) is 72.5 Å². The first-order valence-corrected chi connectivity index (χ1v) is 9.73. The fraction of sp³-hybridized carbons (Fsp3) is 0.316. The highest BCUT2D eigenvalue weighted by Gasteiger charge is 2.13. The van der Waals surface area contributed by atoms with Gasteiger partial charge in [-0.3, -0.25) is 4.79 Å². The van der Waals surface area contributed by atoms with E-state index in [1.165, 1.54) is 7.11 Å². The van der Waals surface area contributed by atoms with E-state index in [1.54, 1.807) is 24.3 Å². The van der Waals surface area contributed by atoms with Gasteiger partial charge in [0.2, 0.25) is 10.0 Å². The number of rotatable bonds is 9. The largest absolute Gasteiger partial charge is 0.469 e. The number of hydrogen-bond donors (Lipinski definition) is 1. The molecule has 0 saturated heterocycles. The lowest BCUT2D eigenvalue weighted by molar-refractivity contribution is -0.140. The Bertz CT molecular complexity index is 771. The Labute approximate surface area is 149 Å². The fourth-order valence-corrected chi connectivity index (χ4v) is 3.49. The van der Waals surface area contributed by atoms with Gasteiger partial charge in [0.25, 0.3) is 0 Å². The van der Waals surface area contributed by atoms with Crippen molar-refractivity contribution in [1.29, 1.82) is 0 Å². The first-order valence-electron chi connectivity index (χ1n) is 8.25. The van der Waals surface area contributed by atoms with E-state index in [2.05, 4.69) is 9.46 Å². The molecule has 0 heterocycles. The van der Waals surface area contributed by atoms with Crippen molar-refractivity contribution in [3.8, 4) is 11.1 Å². The number of nitrogens with one attached hydrogen (secondary N) is 1. The van der Waals surface area contributed by atoms with Crippen molar-refractivity contribution < 1.29 is 17.9 Å². The second-order valence-corrected chi connectivity index (χ2v) is 7.44. The van der Waals surface area contributed by atoms with E-state index in [9.17, 15) is 13.2 Å². The normalized spacial score (nSPS) is 11.2. The molecular weight excluding hydrogens is 338 g/mol. The molecule has 0 bridgehead atoms. The number of ether oxygens (including phenoxy) is 1. The number of sulfonamides is 1. The van der Waals surface area contributed by atoms with Crippen LogP contribution in [0.5, 0.6) is 0 Å². The highest BCUT2D eigenvalue weighted by Crippen LogP contribution is 2.20. The van der Waals surface area contributed by atoms with Gasteiger partial charge in [-0.2, -0.15) is 0 Å². The summed E-state index contributed by atoms with van der Waals surface area (Å²) in [6.45, 7) is 0.351. The van der Waals surface area contributed by atoms with Crippen LogP contribution in [0, 0.1) is 0 Å². The molecule has 25 heavy (non-hydrogen) atoms. The van der Waals surface area contributed by atoms with Gasteiger partial charge in [0, 0.05) is 13.0 Å². The highest BCUT2D eigenvalue weighted by molar-refractivity contribution is 7.89. The maximum atomic E-state index is 12.3. The van der Waals surface area contributed by atoms with E-state index in [0.717, 1.165) is 17.5 Å². The van der Waals surface area contributed by atoms with Gasteiger partial charge in [0.1, 0.15) is 0 Å². The Hall–Kier alpha value is -2.18. The predicted molar refractivity (Wildman–Crippen MR) is 97.6 cm³/mol. The minimum atomic E-state index is -3.51. The monoisotopic (exact) mass is 361 g/mol. The molecule has 2 rings (SSSR count). The maximum absolute atomic E-state index is 12.3. The van der Waals surface area contributed by atoms with Crippen LogP contribution in [-0.4, -0.2) is 28.0 Å². The second-order valence-electron chi connectivity index (χ2n) is 5.67. The first kappa shape index (κ1) is 19.1. The van der Waals surface area contributed by atoms with Crippen LogP contribution >= 0.6 is 0 Å². The van der Waals surface area contributed by atoms with Crippen molar-refractivity contribution in [3.05, 3.63) is 54.6 Å². The molecule has 6 heteroatoms. The summed E-state index contributed by atoms with van der Waals surface area (Å²) in [5.74, 6) is -0.237. The number of hydrogen-bond acceptors (Lipinski definition) is 4. The van der Waals surface area contributed by atoms with Crippen molar-refractivity contribution in [2.24, 2.45) is 0 Å². The van der Waals surface area contributed by atoms with Gasteiger partial charge in [-0.25, -0.2) is 13.1 Å². The highest BCUT2D eigenvalue weighted by atomic mass is 32.2. The summed E-state index contributed by atoms with van der Waals surface area (Å²) in [6.07, 6.45) is 2.51. The molecule has 0 radical (unpaired) electrons. The number of unbranched alkanes of at least 4 members (excludes halogenated alkanes) is 2. The number of esters is 1. The summed E-state index contributed by atoms with van der Waals surface area (Å²) in [7, 11) is -2.15. The van der Waals surface area contributed by atoms with E-state index in [4.69, 9.17) is 0 Å². The van der Waals surface area contributed by atoms with Gasteiger partial charge in [-0.15, -0.1) is 0 Å². The maximum Gasteiger partial charge on any atom is 0.305 e. The molecule has 0 aliphatic rings. The van der Waals surface area contributed by atoms with Gasteiger partial charge in [-0.1, -0.05) is 48.9 Å². The minimum Gasteiger partial charge on any atom is -0.469 e. The summed E-state index contributed by atoms with van der Waals surface area (Å²) in [5, 5.41) is 0. The lowest BCUT2D eigenvalue weighted by Crippen LogP contribution is -2.24. The lowest BCUT2D eigenvalue weighted by Gasteiger charge is -2.08. The SMILES string of the molecule is COC(=O)CCCCCNS(=O)(=O)c1ccc(-c2ccccc2)cc1. The fourth-order valence-electron chi connectivity index (χ4n) is 2.42. The molecule has 0 aliphatic heterocycles. The number of benzene rings is 2. The summed E-state index contributed by atoms with van der Waals surface area (Å²) < 4.78 is 31.7. The molecule has 0 saturated carbocycles. The Kier molecular flexibility index (Phi) is 7.16. The van der Waals surface area contributed by atoms with E-state index >= 15 is 0 Å². The molecule has 0 atom stereocenters. The van der Waals surface area contributed by atoms with Crippen LogP contribution in [0.2, 0.25) is 0 Å². The van der Waals surface area contributed by atoms with Crippen LogP contribution in [0.1, 0.15) is 25.7 Å². The summed E-state index contributed by atoms with van der Waals surface area (Å²) in [5.41, 5.74) is 2.02. The zero-order chi connectivity index (χ0) is 18.1. The van der Waals surface area contributed by atoms with Crippen molar-refractivity contribution in [2.75, 3.05) is 13.7 Å². The van der Waals surface area contributed by atoms with Crippen LogP contribution in [-0.2, 0) is 19.6 Å². The molecule has 134 valence electrons. The Morgan fingerprint density at radius 1 is 0.920 bits per heavy atom. The van der Waals surface area contributed by atoms with E-state index in [1.807, 2.05) is 30.3 Å². The molecule has 0 fully saturated rings. The average Bonchev–Trinajstić information content (AvgIpc) is 2.65. The average molecular weight is 361 g/mol. The first-order chi connectivity index (χ1) is 12.0. The third-order valence-electron chi connectivity index (χ3n) is 3.85. The number of carbonyl (C=O) groups excluding carboxylic acids is 1. The van der Waals surface area contributed by atoms with Gasteiger partial charge in [0.05, 0.1) is 12.0 Å². The third-order valence-corrected chi connectivity index (χ3v) is 5.33. The minimum absolute atomic E-state index is 0.237. The Morgan fingerprint density at radius 3 is 2.20 bits per heavy atom. The second kappa shape index (κ2) is 9.34. The van der Waals surface area contributed by atoms with Crippen molar-refractivity contribution in [2.45, 2.75) is 30.6 Å². The molecule has 2 aromatic carbocycles. The van der Waals surface area contributed by atoms with Crippen molar-refractivity contribution in [1.82, 2.24) is 4.72 Å². The van der Waals surface area contributed by atoms with Crippen LogP contribution in [0.3, 0.4) is 0 Å². The number of methoxy groups -OCH3 is 1. The molecule has 2 aromatic rings. The molecule has 0 aliphatic carbocycles. The van der Waals surface area contributed by atoms with Gasteiger partial charge in [0.15, 0.2) is 0 Å². The van der Waals surface area contributed by atoms with Gasteiger partial charge in [-0.05, 0) is 36.1 Å². The van der Waals surface area contributed by atoms with Crippen molar-refractivity contribution in [3.63, 3.8) is 0 Å². The lowest BCUT2D eigenvalue weighted by atomic mass is 10.1. The molecule has 5 nitrogen and oxygen atoms in total. The molecule has 1 N–H and O–H groups in total. The molecule has 0 spiro atoms. The predicted octanol–water partition coefficient (Wildman–Crippen LogP) is 3.37. The van der Waals surface area contributed by atoms with Gasteiger partial charge < -0.3 is 4.74 Å². The molecule has 0 unspecified atom stereocenters. The molecule has 0 amide bonds. The van der Waals surface area contributed by atoms with Crippen LogP contribution in [0.4, 0.5) is 0 Å². The van der Waals surface area contributed by atoms with Gasteiger partial charge >= 0.3 is 5.97 Å². The molecule has 0 aromatic heterocycles. The van der Waals surface area contributed by atoms with Crippen LogP contribution in [0.15, 0.2) is 59.5 Å².